The van der Waals surface area contributed by atoms with Gasteiger partial charge in [0, 0.05) is 25.1 Å². The van der Waals surface area contributed by atoms with Gasteiger partial charge < -0.3 is 20.7 Å². The van der Waals surface area contributed by atoms with Gasteiger partial charge in [-0.25, -0.2) is 9.18 Å². The molecule has 0 saturated carbocycles. The van der Waals surface area contributed by atoms with E-state index in [9.17, 15) is 14.0 Å². The Labute approximate surface area is 122 Å². The van der Waals surface area contributed by atoms with E-state index in [1.165, 1.54) is 18.2 Å². The Kier molecular flexibility index (Phi) is 4.97. The fourth-order valence-corrected chi connectivity index (χ4v) is 2.07. The molecule has 1 fully saturated rings. The van der Waals surface area contributed by atoms with E-state index in [-0.39, 0.29) is 17.7 Å². The Morgan fingerprint density at radius 3 is 3.00 bits per heavy atom. The molecule has 3 amide bonds. The Bertz CT molecular complexity index is 526. The highest BCUT2D eigenvalue weighted by Gasteiger charge is 2.20. The second-order valence-corrected chi connectivity index (χ2v) is 4.71. The molecule has 0 bridgehead atoms. The van der Waals surface area contributed by atoms with Gasteiger partial charge in [-0.1, -0.05) is 0 Å². The lowest BCUT2D eigenvalue weighted by Crippen LogP contribution is -2.48. The maximum atomic E-state index is 13.2. The second-order valence-electron chi connectivity index (χ2n) is 4.71. The van der Waals surface area contributed by atoms with E-state index in [1.807, 2.05) is 0 Å². The molecule has 3 N–H and O–H groups in total. The maximum Gasteiger partial charge on any atom is 0.319 e. The number of carbonyl (C=O) groups excluding carboxylic acids is 2. The summed E-state index contributed by atoms with van der Waals surface area (Å²) in [6.07, 6.45) is 0.993. The summed E-state index contributed by atoms with van der Waals surface area (Å²) in [6.45, 7) is 2.56. The highest BCUT2D eigenvalue weighted by molar-refractivity contribution is 5.91. The second kappa shape index (κ2) is 6.92. The molecule has 1 saturated heterocycles. The smallest absolute Gasteiger partial charge is 0.319 e. The molecule has 0 aromatic heterocycles. The predicted octanol–water partition coefficient (Wildman–Crippen LogP) is 1.62. The third-order valence-electron chi connectivity index (χ3n) is 3.09. The van der Waals surface area contributed by atoms with Gasteiger partial charge in [0.05, 0.1) is 12.3 Å². The molecule has 0 spiro atoms. The third kappa shape index (κ3) is 4.34. The minimum Gasteiger partial charge on any atom is -0.492 e. The van der Waals surface area contributed by atoms with Crippen molar-refractivity contribution < 1.29 is 18.7 Å². The number of amides is 3. The number of nitrogens with one attached hydrogen (secondary N) is 3. The van der Waals surface area contributed by atoms with Gasteiger partial charge in [-0.2, -0.15) is 0 Å². The van der Waals surface area contributed by atoms with Crippen molar-refractivity contribution in [2.75, 3.05) is 18.5 Å². The van der Waals surface area contributed by atoms with Gasteiger partial charge in [-0.3, -0.25) is 4.79 Å². The summed E-state index contributed by atoms with van der Waals surface area (Å²) in [7, 11) is 0. The largest absolute Gasteiger partial charge is 0.492 e. The van der Waals surface area contributed by atoms with Gasteiger partial charge in [0.2, 0.25) is 5.91 Å². The van der Waals surface area contributed by atoms with E-state index in [2.05, 4.69) is 16.0 Å². The van der Waals surface area contributed by atoms with Crippen molar-refractivity contribution in [2.24, 2.45) is 0 Å². The monoisotopic (exact) mass is 295 g/mol. The molecule has 0 radical (unpaired) electrons. The quantitative estimate of drug-likeness (QED) is 0.790. The topological polar surface area (TPSA) is 79.5 Å². The molecular formula is C14H18FN3O3. The van der Waals surface area contributed by atoms with Crippen LogP contribution in [0.25, 0.3) is 0 Å². The summed E-state index contributed by atoms with van der Waals surface area (Å²) in [6, 6.07) is 3.39. The minimum absolute atomic E-state index is 0.00868. The van der Waals surface area contributed by atoms with Crippen LogP contribution in [0, 0.1) is 5.82 Å². The summed E-state index contributed by atoms with van der Waals surface area (Å²) in [5.74, 6) is -0.158. The molecule has 0 unspecified atom stereocenters. The van der Waals surface area contributed by atoms with Crippen LogP contribution in [0.1, 0.15) is 19.8 Å². The highest BCUT2D eigenvalue weighted by atomic mass is 19.1. The van der Waals surface area contributed by atoms with E-state index in [0.717, 1.165) is 0 Å². The van der Waals surface area contributed by atoms with Crippen LogP contribution in [0.4, 0.5) is 14.9 Å². The van der Waals surface area contributed by atoms with Crippen molar-refractivity contribution in [1.29, 1.82) is 0 Å². The molecule has 1 aliphatic heterocycles. The number of carbonyl (C=O) groups is 2. The van der Waals surface area contributed by atoms with Crippen molar-refractivity contribution in [2.45, 2.75) is 25.8 Å². The molecule has 1 heterocycles. The fourth-order valence-electron chi connectivity index (χ4n) is 2.07. The first kappa shape index (κ1) is 15.1. The van der Waals surface area contributed by atoms with Crippen LogP contribution in [0.3, 0.4) is 0 Å². The van der Waals surface area contributed by atoms with Crippen molar-refractivity contribution in [3.8, 4) is 5.75 Å². The van der Waals surface area contributed by atoms with Crippen LogP contribution in [0.15, 0.2) is 18.2 Å². The lowest BCUT2D eigenvalue weighted by Gasteiger charge is -2.23. The molecule has 0 aliphatic carbocycles. The zero-order valence-corrected chi connectivity index (χ0v) is 11.7. The fraction of sp³-hybridized carbons (Fsp3) is 0.429. The van der Waals surface area contributed by atoms with E-state index < -0.39 is 11.8 Å². The molecule has 7 heteroatoms. The minimum atomic E-state index is -0.431. The van der Waals surface area contributed by atoms with Gasteiger partial charge in [0.15, 0.2) is 0 Å². The number of piperidine rings is 1. The number of hydrogen-bond acceptors (Lipinski definition) is 3. The number of benzene rings is 1. The van der Waals surface area contributed by atoms with E-state index >= 15 is 0 Å². The van der Waals surface area contributed by atoms with Gasteiger partial charge >= 0.3 is 6.03 Å². The molecule has 6 nitrogen and oxygen atoms in total. The molecule has 1 aliphatic rings. The third-order valence-corrected chi connectivity index (χ3v) is 3.09. The number of anilines is 1. The van der Waals surface area contributed by atoms with Gasteiger partial charge in [-0.15, -0.1) is 0 Å². The van der Waals surface area contributed by atoms with Crippen molar-refractivity contribution in [3.63, 3.8) is 0 Å². The van der Waals surface area contributed by atoms with E-state index in [4.69, 9.17) is 4.74 Å². The lowest BCUT2D eigenvalue weighted by molar-refractivity contribution is -0.122. The first-order valence-corrected chi connectivity index (χ1v) is 6.85. The summed E-state index contributed by atoms with van der Waals surface area (Å²) in [5.41, 5.74) is 0.399. The Morgan fingerprint density at radius 1 is 1.52 bits per heavy atom. The number of urea groups is 1. The molecule has 114 valence electrons. The maximum absolute atomic E-state index is 13.2. The predicted molar refractivity (Wildman–Crippen MR) is 75.8 cm³/mol. The van der Waals surface area contributed by atoms with Crippen molar-refractivity contribution in [3.05, 3.63) is 24.0 Å². The summed E-state index contributed by atoms with van der Waals surface area (Å²) < 4.78 is 18.5. The van der Waals surface area contributed by atoms with Crippen molar-refractivity contribution in [1.82, 2.24) is 10.6 Å². The van der Waals surface area contributed by atoms with Crippen LogP contribution in [-0.2, 0) is 4.79 Å². The first-order valence-electron chi connectivity index (χ1n) is 6.85. The normalized spacial score (nSPS) is 17.8. The standard InChI is InChI=1S/C14H18FN3O3/c1-2-21-12-7-9(15)3-5-11(12)18-14(20)17-10-4-6-13(19)16-8-10/h3,5,7,10H,2,4,6,8H2,1H3,(H,16,19)(H2,17,18,20)/t10-/m0/s1. The van der Waals surface area contributed by atoms with Crippen LogP contribution in [-0.4, -0.2) is 31.1 Å². The molecule has 21 heavy (non-hydrogen) atoms. The Morgan fingerprint density at radius 2 is 2.33 bits per heavy atom. The van der Waals surface area contributed by atoms with Gasteiger partial charge in [0.25, 0.3) is 0 Å². The Balaban J connectivity index is 1.94. The summed E-state index contributed by atoms with van der Waals surface area (Å²) in [4.78, 5) is 23.0. The van der Waals surface area contributed by atoms with Crippen LogP contribution in [0.5, 0.6) is 5.75 Å². The average molecular weight is 295 g/mol. The number of halogens is 1. The molecule has 1 aromatic carbocycles. The van der Waals surface area contributed by atoms with Gasteiger partial charge in [0.1, 0.15) is 11.6 Å². The first-order chi connectivity index (χ1) is 10.1. The van der Waals surface area contributed by atoms with Crippen LogP contribution < -0.4 is 20.7 Å². The van der Waals surface area contributed by atoms with Crippen LogP contribution in [0.2, 0.25) is 0 Å². The summed E-state index contributed by atoms with van der Waals surface area (Å²) >= 11 is 0. The molecule has 1 aromatic rings. The molecule has 1 atom stereocenters. The van der Waals surface area contributed by atoms with Gasteiger partial charge in [-0.05, 0) is 25.5 Å². The lowest BCUT2D eigenvalue weighted by atomic mass is 10.1. The highest BCUT2D eigenvalue weighted by Crippen LogP contribution is 2.25. The SMILES string of the molecule is CCOc1cc(F)ccc1NC(=O)N[C@H]1CCC(=O)NC1. The van der Waals surface area contributed by atoms with E-state index in [0.29, 0.717) is 31.7 Å². The number of ether oxygens (including phenoxy) is 1. The molecule has 2 rings (SSSR count). The number of rotatable bonds is 4. The number of hydrogen-bond donors (Lipinski definition) is 3. The van der Waals surface area contributed by atoms with Crippen molar-refractivity contribution >= 4 is 17.6 Å². The summed E-state index contributed by atoms with van der Waals surface area (Å²) in [5, 5.41) is 8.07. The zero-order chi connectivity index (χ0) is 15.2. The Hall–Kier alpha value is -2.31. The van der Waals surface area contributed by atoms with Crippen LogP contribution >= 0.6 is 0 Å². The van der Waals surface area contributed by atoms with E-state index in [1.54, 1.807) is 6.92 Å². The molecular weight excluding hydrogens is 277 g/mol. The zero-order valence-electron chi connectivity index (χ0n) is 11.7. The average Bonchev–Trinajstić information content (AvgIpc) is 2.45.